The van der Waals surface area contributed by atoms with Gasteiger partial charge < -0.3 is 24.4 Å². The highest BCUT2D eigenvalue weighted by atomic mass is 127. The molecule has 1 atom stereocenters. The summed E-state index contributed by atoms with van der Waals surface area (Å²) in [5, 5.41) is 3.46. The Balaban J connectivity index is 0.00000364. The number of ether oxygens (including phenoxy) is 3. The van der Waals surface area contributed by atoms with Crippen LogP contribution in [-0.4, -0.2) is 71.1 Å². The summed E-state index contributed by atoms with van der Waals surface area (Å²) in [5.41, 5.74) is 1.17. The van der Waals surface area contributed by atoms with Crippen LogP contribution in [0.15, 0.2) is 35.3 Å². The van der Waals surface area contributed by atoms with E-state index >= 15 is 0 Å². The average molecular weight is 491 g/mol. The fourth-order valence-corrected chi connectivity index (χ4v) is 3.21. The van der Waals surface area contributed by atoms with E-state index in [0.29, 0.717) is 12.6 Å². The number of hydrogen-bond donors (Lipinski definition) is 1. The van der Waals surface area contributed by atoms with Gasteiger partial charge in [0.05, 0.1) is 12.2 Å². The predicted octanol–water partition coefficient (Wildman–Crippen LogP) is 3.09. The standard InChI is InChI=1S/C20H33N3O3.HI/c1-21-20(22-16-19(25-3)17-8-5-4-6-9-17)23-12-10-18(11-13-23)26-15-7-14-24-2;/h4-6,8-9,18-19H,7,10-16H2,1-3H3,(H,21,22);1H. The molecular formula is C20H34IN3O3. The second-order valence-electron chi connectivity index (χ2n) is 6.47. The van der Waals surface area contributed by atoms with Crippen LogP contribution in [0.4, 0.5) is 0 Å². The summed E-state index contributed by atoms with van der Waals surface area (Å²) in [6, 6.07) is 10.3. The van der Waals surface area contributed by atoms with Crippen molar-refractivity contribution in [1.29, 1.82) is 0 Å². The number of hydrogen-bond acceptors (Lipinski definition) is 4. The Kier molecular flexibility index (Phi) is 12.6. The van der Waals surface area contributed by atoms with Crippen LogP contribution in [0.5, 0.6) is 0 Å². The summed E-state index contributed by atoms with van der Waals surface area (Å²) in [5.74, 6) is 0.931. The van der Waals surface area contributed by atoms with Crippen LogP contribution in [0.2, 0.25) is 0 Å². The van der Waals surface area contributed by atoms with E-state index < -0.39 is 0 Å². The normalized spacial score (nSPS) is 16.7. The Morgan fingerprint density at radius 1 is 1.19 bits per heavy atom. The Bertz CT molecular complexity index is 522. The molecule has 0 saturated carbocycles. The summed E-state index contributed by atoms with van der Waals surface area (Å²) in [6.07, 6.45) is 3.37. The minimum absolute atomic E-state index is 0. The number of methoxy groups -OCH3 is 2. The van der Waals surface area contributed by atoms with Gasteiger partial charge in [-0.3, -0.25) is 4.99 Å². The van der Waals surface area contributed by atoms with Gasteiger partial charge in [0.2, 0.25) is 0 Å². The third kappa shape index (κ3) is 8.33. The van der Waals surface area contributed by atoms with Crippen LogP contribution in [-0.2, 0) is 14.2 Å². The largest absolute Gasteiger partial charge is 0.385 e. The Hall–Kier alpha value is -0.900. The fourth-order valence-electron chi connectivity index (χ4n) is 3.21. The topological polar surface area (TPSA) is 55.3 Å². The first-order valence-electron chi connectivity index (χ1n) is 9.42. The van der Waals surface area contributed by atoms with E-state index in [-0.39, 0.29) is 30.1 Å². The molecule has 1 aliphatic heterocycles. The van der Waals surface area contributed by atoms with Crippen molar-refractivity contribution in [2.75, 3.05) is 54.1 Å². The predicted molar refractivity (Wildman–Crippen MR) is 120 cm³/mol. The van der Waals surface area contributed by atoms with E-state index in [9.17, 15) is 0 Å². The van der Waals surface area contributed by atoms with Crippen molar-refractivity contribution in [1.82, 2.24) is 10.2 Å². The van der Waals surface area contributed by atoms with Crippen molar-refractivity contribution in [2.45, 2.75) is 31.5 Å². The molecule has 0 spiro atoms. The number of nitrogens with one attached hydrogen (secondary N) is 1. The molecule has 7 heteroatoms. The van der Waals surface area contributed by atoms with E-state index in [1.165, 1.54) is 5.56 Å². The molecule has 1 saturated heterocycles. The van der Waals surface area contributed by atoms with Crippen molar-refractivity contribution in [3.63, 3.8) is 0 Å². The lowest BCUT2D eigenvalue weighted by Gasteiger charge is -2.34. The van der Waals surface area contributed by atoms with Gasteiger partial charge in [-0.2, -0.15) is 0 Å². The number of piperidine rings is 1. The van der Waals surface area contributed by atoms with E-state index in [1.54, 1.807) is 14.2 Å². The highest BCUT2D eigenvalue weighted by molar-refractivity contribution is 14.0. The minimum Gasteiger partial charge on any atom is -0.385 e. The number of halogens is 1. The molecule has 1 unspecified atom stereocenters. The lowest BCUT2D eigenvalue weighted by atomic mass is 10.1. The molecule has 0 amide bonds. The zero-order valence-corrected chi connectivity index (χ0v) is 19.1. The third-order valence-electron chi connectivity index (χ3n) is 4.70. The summed E-state index contributed by atoms with van der Waals surface area (Å²) in [6.45, 7) is 4.14. The minimum atomic E-state index is 0. The maximum Gasteiger partial charge on any atom is 0.193 e. The summed E-state index contributed by atoms with van der Waals surface area (Å²) in [4.78, 5) is 6.74. The highest BCUT2D eigenvalue weighted by Crippen LogP contribution is 2.17. The Labute approximate surface area is 180 Å². The van der Waals surface area contributed by atoms with Gasteiger partial charge in [-0.25, -0.2) is 0 Å². The number of guanidine groups is 1. The molecule has 1 fully saturated rings. The Morgan fingerprint density at radius 3 is 2.48 bits per heavy atom. The quantitative estimate of drug-likeness (QED) is 0.249. The first kappa shape index (κ1) is 24.1. The fraction of sp³-hybridized carbons (Fsp3) is 0.650. The average Bonchev–Trinajstić information content (AvgIpc) is 2.70. The van der Waals surface area contributed by atoms with Gasteiger partial charge in [-0.15, -0.1) is 24.0 Å². The first-order chi connectivity index (χ1) is 12.8. The van der Waals surface area contributed by atoms with Gasteiger partial charge in [0.25, 0.3) is 0 Å². The van der Waals surface area contributed by atoms with Gasteiger partial charge in [0.15, 0.2) is 5.96 Å². The van der Waals surface area contributed by atoms with Crippen molar-refractivity contribution in [3.8, 4) is 0 Å². The van der Waals surface area contributed by atoms with Crippen molar-refractivity contribution in [3.05, 3.63) is 35.9 Å². The van der Waals surface area contributed by atoms with Crippen molar-refractivity contribution >= 4 is 29.9 Å². The smallest absolute Gasteiger partial charge is 0.193 e. The maximum atomic E-state index is 5.93. The van der Waals surface area contributed by atoms with E-state index in [2.05, 4.69) is 27.3 Å². The summed E-state index contributed by atoms with van der Waals surface area (Å²) in [7, 11) is 5.30. The van der Waals surface area contributed by atoms with Crippen LogP contribution in [0.3, 0.4) is 0 Å². The molecule has 1 aliphatic rings. The maximum absolute atomic E-state index is 5.93. The van der Waals surface area contributed by atoms with Gasteiger partial charge in [-0.1, -0.05) is 30.3 Å². The van der Waals surface area contributed by atoms with E-state index in [4.69, 9.17) is 14.2 Å². The number of likely N-dealkylation sites (tertiary alicyclic amines) is 1. The molecule has 0 aliphatic carbocycles. The Morgan fingerprint density at radius 2 is 1.89 bits per heavy atom. The zero-order valence-electron chi connectivity index (χ0n) is 16.7. The molecule has 2 rings (SSSR count). The molecule has 0 aromatic heterocycles. The van der Waals surface area contributed by atoms with E-state index in [0.717, 1.165) is 51.5 Å². The number of aliphatic imine (C=N–C) groups is 1. The molecule has 6 nitrogen and oxygen atoms in total. The van der Waals surface area contributed by atoms with Gasteiger partial charge >= 0.3 is 0 Å². The van der Waals surface area contributed by atoms with Crippen LogP contribution in [0.1, 0.15) is 30.9 Å². The van der Waals surface area contributed by atoms with E-state index in [1.807, 2.05) is 25.2 Å². The van der Waals surface area contributed by atoms with Crippen molar-refractivity contribution in [2.24, 2.45) is 4.99 Å². The van der Waals surface area contributed by atoms with Crippen LogP contribution in [0.25, 0.3) is 0 Å². The molecule has 1 heterocycles. The summed E-state index contributed by atoms with van der Waals surface area (Å²) >= 11 is 0. The molecule has 1 N–H and O–H groups in total. The van der Waals surface area contributed by atoms with Crippen LogP contribution in [0, 0.1) is 0 Å². The number of nitrogens with zero attached hydrogens (tertiary/aromatic N) is 2. The highest BCUT2D eigenvalue weighted by Gasteiger charge is 2.22. The SMILES string of the molecule is CN=C(NCC(OC)c1ccccc1)N1CCC(OCCCOC)CC1.I. The van der Waals surface area contributed by atoms with Crippen molar-refractivity contribution < 1.29 is 14.2 Å². The molecule has 0 radical (unpaired) electrons. The number of benzene rings is 1. The zero-order chi connectivity index (χ0) is 18.6. The number of rotatable bonds is 9. The lowest BCUT2D eigenvalue weighted by molar-refractivity contribution is 0.00974. The monoisotopic (exact) mass is 491 g/mol. The molecular weight excluding hydrogens is 457 g/mol. The molecule has 154 valence electrons. The van der Waals surface area contributed by atoms with Crippen LogP contribution >= 0.6 is 24.0 Å². The van der Waals surface area contributed by atoms with Gasteiger partial charge in [0, 0.05) is 54.1 Å². The second kappa shape index (κ2) is 14.1. The first-order valence-corrected chi connectivity index (χ1v) is 9.42. The molecule has 1 aromatic carbocycles. The third-order valence-corrected chi connectivity index (χ3v) is 4.70. The summed E-state index contributed by atoms with van der Waals surface area (Å²) < 4.78 is 16.6. The van der Waals surface area contributed by atoms with Gasteiger partial charge in [-0.05, 0) is 24.8 Å². The van der Waals surface area contributed by atoms with Gasteiger partial charge in [0.1, 0.15) is 0 Å². The molecule has 1 aromatic rings. The van der Waals surface area contributed by atoms with Crippen LogP contribution < -0.4 is 5.32 Å². The second-order valence-corrected chi connectivity index (χ2v) is 6.47. The molecule has 27 heavy (non-hydrogen) atoms. The lowest BCUT2D eigenvalue weighted by Crippen LogP contribution is -2.48. The molecule has 0 bridgehead atoms.